The molecule has 26 heavy (non-hydrogen) atoms. The van der Waals surface area contributed by atoms with Gasteiger partial charge in [0.05, 0.1) is 23.6 Å². The first-order chi connectivity index (χ1) is 12.7. The first-order valence-corrected chi connectivity index (χ1v) is 8.66. The lowest BCUT2D eigenvalue weighted by molar-refractivity contribution is 0.796. The Bertz CT molecular complexity index is 1040. The van der Waals surface area contributed by atoms with Gasteiger partial charge in [0.1, 0.15) is 5.82 Å². The van der Waals surface area contributed by atoms with Crippen molar-refractivity contribution in [3.8, 4) is 22.5 Å². The van der Waals surface area contributed by atoms with Gasteiger partial charge in [-0.05, 0) is 42.5 Å². The van der Waals surface area contributed by atoms with E-state index in [9.17, 15) is 0 Å². The molecule has 0 radical (unpaired) electrons. The Balaban J connectivity index is 1.88. The summed E-state index contributed by atoms with van der Waals surface area (Å²) in [4.78, 5) is 8.70. The second-order valence-corrected chi connectivity index (χ2v) is 6.37. The maximum Gasteiger partial charge on any atom is 0.123 e. The largest absolute Gasteiger partial charge is 0.384 e. The van der Waals surface area contributed by atoms with Crippen LogP contribution in [0.4, 0.5) is 5.82 Å². The van der Waals surface area contributed by atoms with E-state index in [2.05, 4.69) is 26.7 Å². The molecule has 0 aliphatic heterocycles. The van der Waals surface area contributed by atoms with E-state index in [-0.39, 0.29) is 0 Å². The van der Waals surface area contributed by atoms with Crippen LogP contribution < -0.4 is 5.73 Å². The summed E-state index contributed by atoms with van der Waals surface area (Å²) in [5.41, 5.74) is 10.8. The third-order valence-corrected chi connectivity index (χ3v) is 4.57. The third-order valence-electron chi connectivity index (χ3n) is 4.24. The lowest BCUT2D eigenvalue weighted by Gasteiger charge is -2.15. The van der Waals surface area contributed by atoms with Gasteiger partial charge in [0, 0.05) is 28.5 Å². The molecule has 0 fully saturated rings. The Labute approximate surface area is 156 Å². The minimum absolute atomic E-state index is 0.511. The van der Waals surface area contributed by atoms with E-state index in [0.717, 1.165) is 28.2 Å². The van der Waals surface area contributed by atoms with E-state index in [1.807, 2.05) is 54.7 Å². The van der Waals surface area contributed by atoms with Crippen molar-refractivity contribution in [1.29, 1.82) is 0 Å². The van der Waals surface area contributed by atoms with Crippen molar-refractivity contribution in [2.75, 3.05) is 5.73 Å². The van der Waals surface area contributed by atoms with Crippen molar-refractivity contribution >= 4 is 17.4 Å². The standard InChI is InChI=1S/C21H17ClN4/c22-18-8-2-1-7-17(18)20-11-10-19(15-5-4-12-24-13-15)26(20)14-16-6-3-9-21(23)25-16/h1-13H,14H2,(H2,23,25). The van der Waals surface area contributed by atoms with Crippen LogP contribution in [-0.2, 0) is 6.54 Å². The Morgan fingerprint density at radius 3 is 2.50 bits per heavy atom. The van der Waals surface area contributed by atoms with E-state index in [0.29, 0.717) is 17.4 Å². The van der Waals surface area contributed by atoms with Gasteiger partial charge in [0.15, 0.2) is 0 Å². The molecule has 5 heteroatoms. The van der Waals surface area contributed by atoms with Gasteiger partial charge < -0.3 is 10.3 Å². The summed E-state index contributed by atoms with van der Waals surface area (Å²) in [7, 11) is 0. The zero-order valence-corrected chi connectivity index (χ0v) is 14.8. The number of nitrogens with zero attached hydrogens (tertiary/aromatic N) is 3. The van der Waals surface area contributed by atoms with Crippen LogP contribution in [0, 0.1) is 0 Å². The summed E-state index contributed by atoms with van der Waals surface area (Å²) in [6, 6.07) is 21.7. The van der Waals surface area contributed by atoms with Gasteiger partial charge in [-0.2, -0.15) is 0 Å². The van der Waals surface area contributed by atoms with E-state index >= 15 is 0 Å². The van der Waals surface area contributed by atoms with Crippen molar-refractivity contribution in [3.05, 3.63) is 89.8 Å². The topological polar surface area (TPSA) is 56.7 Å². The SMILES string of the molecule is Nc1cccc(Cn2c(-c3cccnc3)ccc2-c2ccccc2Cl)n1. The molecule has 0 bridgehead atoms. The van der Waals surface area contributed by atoms with Crippen molar-refractivity contribution in [1.82, 2.24) is 14.5 Å². The molecule has 3 aromatic heterocycles. The molecule has 2 N–H and O–H groups in total. The van der Waals surface area contributed by atoms with Crippen molar-refractivity contribution in [3.63, 3.8) is 0 Å². The molecule has 0 unspecified atom stereocenters. The summed E-state index contributed by atoms with van der Waals surface area (Å²) >= 11 is 6.45. The maximum absolute atomic E-state index is 6.45. The quantitative estimate of drug-likeness (QED) is 0.563. The van der Waals surface area contributed by atoms with Crippen LogP contribution in [0.1, 0.15) is 5.69 Å². The summed E-state index contributed by atoms with van der Waals surface area (Å²) in [6.45, 7) is 0.586. The molecule has 0 amide bonds. The smallest absolute Gasteiger partial charge is 0.123 e. The second-order valence-electron chi connectivity index (χ2n) is 5.97. The number of anilines is 1. The van der Waals surface area contributed by atoms with Gasteiger partial charge in [-0.1, -0.05) is 35.9 Å². The number of rotatable bonds is 4. The van der Waals surface area contributed by atoms with Gasteiger partial charge in [-0.25, -0.2) is 4.98 Å². The predicted molar refractivity (Wildman–Crippen MR) is 106 cm³/mol. The minimum Gasteiger partial charge on any atom is -0.384 e. The molecule has 0 saturated heterocycles. The molecular formula is C21H17ClN4. The second kappa shape index (κ2) is 7.02. The number of aromatic nitrogens is 3. The highest BCUT2D eigenvalue weighted by Crippen LogP contribution is 2.33. The fourth-order valence-electron chi connectivity index (χ4n) is 3.06. The molecule has 1 aromatic carbocycles. The first kappa shape index (κ1) is 16.4. The summed E-state index contributed by atoms with van der Waals surface area (Å²) in [6.07, 6.45) is 3.63. The predicted octanol–water partition coefficient (Wildman–Crippen LogP) is 4.90. The first-order valence-electron chi connectivity index (χ1n) is 8.28. The molecular weight excluding hydrogens is 344 g/mol. The number of halogens is 1. The lowest BCUT2D eigenvalue weighted by Crippen LogP contribution is -2.06. The normalized spacial score (nSPS) is 10.8. The van der Waals surface area contributed by atoms with Crippen LogP contribution in [0.2, 0.25) is 5.02 Å². The van der Waals surface area contributed by atoms with Gasteiger partial charge >= 0.3 is 0 Å². The third kappa shape index (κ3) is 3.19. The molecule has 4 rings (SSSR count). The summed E-state index contributed by atoms with van der Waals surface area (Å²) in [5.74, 6) is 0.511. The molecule has 0 saturated carbocycles. The number of benzene rings is 1. The highest BCUT2D eigenvalue weighted by Gasteiger charge is 2.14. The highest BCUT2D eigenvalue weighted by atomic mass is 35.5. The molecule has 0 aliphatic carbocycles. The Morgan fingerprint density at radius 2 is 1.73 bits per heavy atom. The van der Waals surface area contributed by atoms with Crippen LogP contribution in [0.3, 0.4) is 0 Å². The van der Waals surface area contributed by atoms with Crippen LogP contribution >= 0.6 is 11.6 Å². The molecule has 0 atom stereocenters. The number of hydrogen-bond acceptors (Lipinski definition) is 3. The lowest BCUT2D eigenvalue weighted by atomic mass is 10.1. The zero-order valence-electron chi connectivity index (χ0n) is 14.0. The summed E-state index contributed by atoms with van der Waals surface area (Å²) in [5, 5.41) is 0.713. The fraction of sp³-hybridized carbons (Fsp3) is 0.0476. The fourth-order valence-corrected chi connectivity index (χ4v) is 3.29. The van der Waals surface area contributed by atoms with Crippen LogP contribution in [-0.4, -0.2) is 14.5 Å². The molecule has 0 aliphatic rings. The number of pyridine rings is 2. The van der Waals surface area contributed by atoms with Crippen molar-refractivity contribution in [2.24, 2.45) is 0 Å². The monoisotopic (exact) mass is 360 g/mol. The van der Waals surface area contributed by atoms with E-state index < -0.39 is 0 Å². The van der Waals surface area contributed by atoms with E-state index in [1.165, 1.54) is 0 Å². The molecule has 0 spiro atoms. The Kier molecular flexibility index (Phi) is 4.42. The van der Waals surface area contributed by atoms with Crippen LogP contribution in [0.5, 0.6) is 0 Å². The van der Waals surface area contributed by atoms with Gasteiger partial charge in [-0.3, -0.25) is 4.98 Å². The summed E-state index contributed by atoms with van der Waals surface area (Å²) < 4.78 is 2.19. The van der Waals surface area contributed by atoms with Crippen molar-refractivity contribution in [2.45, 2.75) is 6.54 Å². The maximum atomic E-state index is 6.45. The van der Waals surface area contributed by atoms with Crippen LogP contribution in [0.25, 0.3) is 22.5 Å². The minimum atomic E-state index is 0.511. The van der Waals surface area contributed by atoms with Crippen molar-refractivity contribution < 1.29 is 0 Å². The molecule has 4 nitrogen and oxygen atoms in total. The average molecular weight is 361 g/mol. The molecule has 4 aromatic rings. The number of nitrogen functional groups attached to an aromatic ring is 1. The number of hydrogen-bond donors (Lipinski definition) is 1. The van der Waals surface area contributed by atoms with E-state index in [4.69, 9.17) is 17.3 Å². The molecule has 3 heterocycles. The van der Waals surface area contributed by atoms with Gasteiger partial charge in [0.2, 0.25) is 0 Å². The molecule has 128 valence electrons. The van der Waals surface area contributed by atoms with Gasteiger partial charge in [-0.15, -0.1) is 0 Å². The average Bonchev–Trinajstić information content (AvgIpc) is 3.06. The highest BCUT2D eigenvalue weighted by molar-refractivity contribution is 6.33. The van der Waals surface area contributed by atoms with E-state index in [1.54, 1.807) is 12.3 Å². The Morgan fingerprint density at radius 1 is 0.885 bits per heavy atom. The number of nitrogens with two attached hydrogens (primary N) is 1. The Hall–Kier alpha value is -3.11. The zero-order chi connectivity index (χ0) is 17.9. The van der Waals surface area contributed by atoms with Gasteiger partial charge in [0.25, 0.3) is 0 Å². The van der Waals surface area contributed by atoms with Crippen LogP contribution in [0.15, 0.2) is 79.1 Å².